The largest absolute Gasteiger partial charge is 0.477 e. The Morgan fingerprint density at radius 1 is 1.39 bits per heavy atom. The van der Waals surface area contributed by atoms with Gasteiger partial charge in [0.1, 0.15) is 4.88 Å². The van der Waals surface area contributed by atoms with Crippen LogP contribution in [0.25, 0.3) is 0 Å². The van der Waals surface area contributed by atoms with Crippen LogP contribution in [0.4, 0.5) is 0 Å². The van der Waals surface area contributed by atoms with Gasteiger partial charge in [-0.1, -0.05) is 27.2 Å². The second-order valence-electron chi connectivity index (χ2n) is 4.46. The molecule has 0 aliphatic carbocycles. The first-order valence-electron chi connectivity index (χ1n) is 6.05. The van der Waals surface area contributed by atoms with Crippen molar-refractivity contribution in [3.63, 3.8) is 0 Å². The summed E-state index contributed by atoms with van der Waals surface area (Å²) in [6.07, 6.45) is 0.969. The molecule has 0 aliphatic heterocycles. The molecule has 1 aromatic rings. The Hall–Kier alpha value is -1.36. The number of rotatable bonds is 6. The zero-order valence-electron chi connectivity index (χ0n) is 10.9. The maximum Gasteiger partial charge on any atom is 0.345 e. The Morgan fingerprint density at radius 3 is 2.56 bits per heavy atom. The van der Waals surface area contributed by atoms with E-state index in [1.165, 1.54) is 11.3 Å². The van der Waals surface area contributed by atoms with E-state index in [2.05, 4.69) is 19.2 Å². The summed E-state index contributed by atoms with van der Waals surface area (Å²) in [5.74, 6) is -0.572. The van der Waals surface area contributed by atoms with Gasteiger partial charge in [0, 0.05) is 10.8 Å². The third kappa shape index (κ3) is 3.84. The monoisotopic (exact) mass is 269 g/mol. The summed E-state index contributed by atoms with van der Waals surface area (Å²) in [6, 6.07) is 3.30. The molecule has 0 aromatic carbocycles. The van der Waals surface area contributed by atoms with Crippen molar-refractivity contribution in [2.45, 2.75) is 33.7 Å². The molecule has 18 heavy (non-hydrogen) atoms. The highest BCUT2D eigenvalue weighted by Gasteiger charge is 2.18. The van der Waals surface area contributed by atoms with Crippen LogP contribution in [0.5, 0.6) is 0 Å². The van der Waals surface area contributed by atoms with E-state index in [0.717, 1.165) is 11.3 Å². The first kappa shape index (κ1) is 14.7. The summed E-state index contributed by atoms with van der Waals surface area (Å²) in [6.45, 7) is 6.43. The van der Waals surface area contributed by atoms with Crippen molar-refractivity contribution in [3.05, 3.63) is 21.9 Å². The van der Waals surface area contributed by atoms with Crippen LogP contribution in [-0.2, 0) is 11.3 Å². The van der Waals surface area contributed by atoms with Crippen LogP contribution in [0.2, 0.25) is 0 Å². The Kier molecular flexibility index (Phi) is 5.34. The maximum atomic E-state index is 11.8. The fourth-order valence-corrected chi connectivity index (χ4v) is 2.32. The number of aromatic carboxylic acids is 1. The number of hydrogen-bond donors (Lipinski definition) is 2. The molecule has 1 rings (SSSR count). The van der Waals surface area contributed by atoms with Gasteiger partial charge in [0.05, 0.1) is 6.54 Å². The van der Waals surface area contributed by atoms with Gasteiger partial charge < -0.3 is 10.4 Å². The van der Waals surface area contributed by atoms with Gasteiger partial charge in [-0.15, -0.1) is 11.3 Å². The molecule has 5 heteroatoms. The molecule has 0 fully saturated rings. The molecule has 2 N–H and O–H groups in total. The van der Waals surface area contributed by atoms with Gasteiger partial charge in [0.25, 0.3) is 0 Å². The van der Waals surface area contributed by atoms with Gasteiger partial charge in [-0.05, 0) is 18.1 Å². The third-order valence-corrected chi connectivity index (χ3v) is 4.29. The van der Waals surface area contributed by atoms with Crippen LogP contribution >= 0.6 is 11.3 Å². The number of carbonyl (C=O) groups is 2. The van der Waals surface area contributed by atoms with Crippen molar-refractivity contribution in [3.8, 4) is 0 Å². The van der Waals surface area contributed by atoms with E-state index >= 15 is 0 Å². The van der Waals surface area contributed by atoms with E-state index in [1.807, 2.05) is 6.92 Å². The van der Waals surface area contributed by atoms with Crippen LogP contribution < -0.4 is 5.32 Å². The minimum Gasteiger partial charge on any atom is -0.477 e. The molecule has 1 heterocycles. The molecule has 2 atom stereocenters. The molecule has 0 radical (unpaired) electrons. The summed E-state index contributed by atoms with van der Waals surface area (Å²) in [5.41, 5.74) is 0. The number of carboxylic acid groups (broad SMARTS) is 1. The predicted molar refractivity (Wildman–Crippen MR) is 71.7 cm³/mol. The number of carboxylic acids is 1. The summed E-state index contributed by atoms with van der Waals surface area (Å²) < 4.78 is 0. The van der Waals surface area contributed by atoms with Gasteiger partial charge in [-0.3, -0.25) is 4.79 Å². The molecule has 4 nitrogen and oxygen atoms in total. The molecule has 0 saturated carbocycles. The first-order chi connectivity index (χ1) is 8.45. The molecule has 1 aromatic heterocycles. The SMILES string of the molecule is CCC(C)C(C)C(=O)NCc1ccc(C(=O)O)s1. The van der Waals surface area contributed by atoms with E-state index in [-0.39, 0.29) is 11.8 Å². The molecule has 2 unspecified atom stereocenters. The molecule has 0 aliphatic rings. The fraction of sp³-hybridized carbons (Fsp3) is 0.538. The lowest BCUT2D eigenvalue weighted by Gasteiger charge is -2.17. The van der Waals surface area contributed by atoms with E-state index in [0.29, 0.717) is 17.3 Å². The van der Waals surface area contributed by atoms with Crippen LogP contribution in [0.15, 0.2) is 12.1 Å². The fourth-order valence-electron chi connectivity index (χ4n) is 1.54. The van der Waals surface area contributed by atoms with E-state index < -0.39 is 5.97 Å². The van der Waals surface area contributed by atoms with Gasteiger partial charge in [-0.25, -0.2) is 4.79 Å². The van der Waals surface area contributed by atoms with Crippen molar-refractivity contribution in [1.29, 1.82) is 0 Å². The van der Waals surface area contributed by atoms with E-state index in [4.69, 9.17) is 5.11 Å². The molecular formula is C13H19NO3S. The van der Waals surface area contributed by atoms with Crippen LogP contribution in [0.1, 0.15) is 41.7 Å². The summed E-state index contributed by atoms with van der Waals surface area (Å²) in [4.78, 5) is 23.7. The second kappa shape index (κ2) is 6.54. The molecule has 1 amide bonds. The number of thiophene rings is 1. The van der Waals surface area contributed by atoms with Crippen molar-refractivity contribution in [2.24, 2.45) is 11.8 Å². The van der Waals surface area contributed by atoms with Crippen molar-refractivity contribution < 1.29 is 14.7 Å². The highest BCUT2D eigenvalue weighted by Crippen LogP contribution is 2.17. The Bertz CT molecular complexity index is 428. The highest BCUT2D eigenvalue weighted by molar-refractivity contribution is 7.13. The van der Waals surface area contributed by atoms with E-state index in [9.17, 15) is 9.59 Å². The van der Waals surface area contributed by atoms with Gasteiger partial charge in [-0.2, -0.15) is 0 Å². The summed E-state index contributed by atoms with van der Waals surface area (Å²) >= 11 is 1.19. The smallest absolute Gasteiger partial charge is 0.345 e. The van der Waals surface area contributed by atoms with Crippen molar-refractivity contribution in [2.75, 3.05) is 0 Å². The molecular weight excluding hydrogens is 250 g/mol. The second-order valence-corrected chi connectivity index (χ2v) is 5.63. The lowest BCUT2D eigenvalue weighted by atomic mass is 9.93. The Morgan fingerprint density at radius 2 is 2.06 bits per heavy atom. The zero-order chi connectivity index (χ0) is 13.7. The number of carbonyl (C=O) groups excluding carboxylic acids is 1. The maximum absolute atomic E-state index is 11.8. The molecule has 0 bridgehead atoms. The Balaban J connectivity index is 2.49. The molecule has 0 spiro atoms. The lowest BCUT2D eigenvalue weighted by Crippen LogP contribution is -2.31. The molecule has 0 saturated heterocycles. The number of hydrogen-bond acceptors (Lipinski definition) is 3. The minimum absolute atomic E-state index is 0.0195. The normalized spacial score (nSPS) is 13.9. The summed E-state index contributed by atoms with van der Waals surface area (Å²) in [5, 5.41) is 11.6. The van der Waals surface area contributed by atoms with Crippen molar-refractivity contribution >= 4 is 23.2 Å². The van der Waals surface area contributed by atoms with E-state index in [1.54, 1.807) is 12.1 Å². The van der Waals surface area contributed by atoms with Gasteiger partial charge in [0.15, 0.2) is 0 Å². The van der Waals surface area contributed by atoms with Crippen LogP contribution in [-0.4, -0.2) is 17.0 Å². The van der Waals surface area contributed by atoms with Crippen LogP contribution in [0, 0.1) is 11.8 Å². The van der Waals surface area contributed by atoms with Crippen LogP contribution in [0.3, 0.4) is 0 Å². The average molecular weight is 269 g/mol. The highest BCUT2D eigenvalue weighted by atomic mass is 32.1. The summed E-state index contributed by atoms with van der Waals surface area (Å²) in [7, 11) is 0. The van der Waals surface area contributed by atoms with Gasteiger partial charge >= 0.3 is 5.97 Å². The zero-order valence-corrected chi connectivity index (χ0v) is 11.7. The molecule has 100 valence electrons. The average Bonchev–Trinajstić information content (AvgIpc) is 2.82. The lowest BCUT2D eigenvalue weighted by molar-refractivity contribution is -0.126. The minimum atomic E-state index is -0.925. The standard InChI is InChI=1S/C13H19NO3S/c1-4-8(2)9(3)12(15)14-7-10-5-6-11(18-10)13(16)17/h5-6,8-9H,4,7H2,1-3H3,(H,14,15)(H,16,17). The van der Waals surface area contributed by atoms with Gasteiger partial charge in [0.2, 0.25) is 5.91 Å². The first-order valence-corrected chi connectivity index (χ1v) is 6.87. The Labute approximate surface area is 111 Å². The number of amides is 1. The third-order valence-electron chi connectivity index (χ3n) is 3.22. The van der Waals surface area contributed by atoms with Crippen molar-refractivity contribution in [1.82, 2.24) is 5.32 Å². The predicted octanol–water partition coefficient (Wildman–Crippen LogP) is 2.74. The topological polar surface area (TPSA) is 66.4 Å². The number of nitrogens with one attached hydrogen (secondary N) is 1. The quantitative estimate of drug-likeness (QED) is 0.834.